The van der Waals surface area contributed by atoms with Crippen LogP contribution in [0, 0.1) is 6.92 Å². The molecule has 0 saturated heterocycles. The molecular formula is C13H18N2O3. The summed E-state index contributed by atoms with van der Waals surface area (Å²) in [4.78, 5) is 24.2. The molecule has 0 aromatic heterocycles. The fourth-order valence-corrected chi connectivity index (χ4v) is 1.60. The van der Waals surface area contributed by atoms with Gasteiger partial charge in [0.25, 0.3) is 0 Å². The minimum Gasteiger partial charge on any atom is -0.480 e. The van der Waals surface area contributed by atoms with Crippen molar-refractivity contribution in [2.75, 3.05) is 19.4 Å². The minimum absolute atomic E-state index is 0.0731. The molecule has 1 aromatic carbocycles. The number of carboxylic acid groups (broad SMARTS) is 1. The van der Waals surface area contributed by atoms with Crippen LogP contribution in [-0.4, -0.2) is 42.0 Å². The molecule has 18 heavy (non-hydrogen) atoms. The largest absolute Gasteiger partial charge is 0.480 e. The van der Waals surface area contributed by atoms with E-state index in [9.17, 15) is 9.59 Å². The van der Waals surface area contributed by atoms with E-state index >= 15 is 0 Å². The highest BCUT2D eigenvalue weighted by Gasteiger charge is 2.23. The lowest BCUT2D eigenvalue weighted by molar-refractivity contribution is -0.144. The number of aliphatic carboxylic acids is 1. The van der Waals surface area contributed by atoms with Crippen molar-refractivity contribution in [3.63, 3.8) is 0 Å². The van der Waals surface area contributed by atoms with Gasteiger partial charge in [-0.25, -0.2) is 0 Å². The Hall–Kier alpha value is -1.88. The molecule has 0 unspecified atom stereocenters. The van der Waals surface area contributed by atoms with Gasteiger partial charge >= 0.3 is 5.97 Å². The Labute approximate surface area is 106 Å². The van der Waals surface area contributed by atoms with E-state index in [0.29, 0.717) is 5.69 Å². The molecule has 5 heteroatoms. The zero-order valence-corrected chi connectivity index (χ0v) is 10.8. The second-order valence-electron chi connectivity index (χ2n) is 4.44. The highest BCUT2D eigenvalue weighted by molar-refractivity contribution is 5.94. The number of carbonyl (C=O) groups excluding carboxylic acids is 1. The lowest BCUT2D eigenvalue weighted by Crippen LogP contribution is -2.38. The van der Waals surface area contributed by atoms with Gasteiger partial charge in [0, 0.05) is 5.69 Å². The number of hydrogen-bond donors (Lipinski definition) is 2. The van der Waals surface area contributed by atoms with Crippen molar-refractivity contribution in [2.45, 2.75) is 19.4 Å². The van der Waals surface area contributed by atoms with Gasteiger partial charge in [-0.15, -0.1) is 0 Å². The summed E-state index contributed by atoms with van der Waals surface area (Å²) in [6.45, 7) is 1.93. The lowest BCUT2D eigenvalue weighted by Gasteiger charge is -2.19. The van der Waals surface area contributed by atoms with E-state index in [4.69, 9.17) is 5.11 Å². The SMILES string of the molecule is Cc1cccc(NC(=O)C[C@@H](C(=O)O)N(C)C)c1. The van der Waals surface area contributed by atoms with Gasteiger partial charge in [-0.05, 0) is 38.7 Å². The van der Waals surface area contributed by atoms with Crippen molar-refractivity contribution in [3.05, 3.63) is 29.8 Å². The fourth-order valence-electron chi connectivity index (χ4n) is 1.60. The molecule has 0 fully saturated rings. The number of benzene rings is 1. The number of carboxylic acids is 1. The van der Waals surface area contributed by atoms with Crippen molar-refractivity contribution in [1.82, 2.24) is 4.90 Å². The van der Waals surface area contributed by atoms with Crippen LogP contribution in [0.1, 0.15) is 12.0 Å². The first kappa shape index (κ1) is 14.2. The molecule has 1 amide bonds. The number of aryl methyl sites for hydroxylation is 1. The van der Waals surface area contributed by atoms with Crippen molar-refractivity contribution in [2.24, 2.45) is 0 Å². The third kappa shape index (κ3) is 4.18. The van der Waals surface area contributed by atoms with E-state index in [-0.39, 0.29) is 12.3 Å². The topological polar surface area (TPSA) is 69.6 Å². The number of carbonyl (C=O) groups is 2. The standard InChI is InChI=1S/C13H18N2O3/c1-9-5-4-6-10(7-9)14-12(16)8-11(13(17)18)15(2)3/h4-7,11H,8H2,1-3H3,(H,14,16)(H,17,18)/t11-/m0/s1. The maximum atomic E-state index is 11.7. The van der Waals surface area contributed by atoms with Gasteiger partial charge in [0.1, 0.15) is 6.04 Å². The number of nitrogens with zero attached hydrogens (tertiary/aromatic N) is 1. The summed E-state index contributed by atoms with van der Waals surface area (Å²) in [5, 5.41) is 11.7. The van der Waals surface area contributed by atoms with Crippen LogP contribution in [0.3, 0.4) is 0 Å². The first-order chi connectivity index (χ1) is 8.40. The third-order valence-corrected chi connectivity index (χ3v) is 2.59. The van der Waals surface area contributed by atoms with Gasteiger partial charge in [0.05, 0.1) is 6.42 Å². The fraction of sp³-hybridized carbons (Fsp3) is 0.385. The van der Waals surface area contributed by atoms with Gasteiger partial charge in [-0.3, -0.25) is 14.5 Å². The molecule has 1 rings (SSSR count). The Morgan fingerprint density at radius 1 is 1.39 bits per heavy atom. The van der Waals surface area contributed by atoms with E-state index < -0.39 is 12.0 Å². The Morgan fingerprint density at radius 3 is 2.56 bits per heavy atom. The number of hydrogen-bond acceptors (Lipinski definition) is 3. The molecule has 2 N–H and O–H groups in total. The molecule has 1 aromatic rings. The summed E-state index contributed by atoms with van der Waals surface area (Å²) < 4.78 is 0. The number of rotatable bonds is 5. The smallest absolute Gasteiger partial charge is 0.321 e. The minimum atomic E-state index is -1.00. The zero-order chi connectivity index (χ0) is 13.7. The molecule has 0 aliphatic rings. The van der Waals surface area contributed by atoms with Gasteiger partial charge in [-0.1, -0.05) is 12.1 Å². The van der Waals surface area contributed by atoms with Crippen molar-refractivity contribution < 1.29 is 14.7 Å². The molecule has 0 aliphatic carbocycles. The second kappa shape index (κ2) is 6.16. The molecular weight excluding hydrogens is 232 g/mol. The average Bonchev–Trinajstić information content (AvgIpc) is 2.25. The van der Waals surface area contributed by atoms with Crippen molar-refractivity contribution >= 4 is 17.6 Å². The Kier molecular flexibility index (Phi) is 4.85. The predicted octanol–water partition coefficient (Wildman–Crippen LogP) is 1.34. The number of likely N-dealkylation sites (N-methyl/N-ethyl adjacent to an activating group) is 1. The van der Waals surface area contributed by atoms with E-state index in [1.165, 1.54) is 4.90 Å². The van der Waals surface area contributed by atoms with Crippen LogP contribution in [0.25, 0.3) is 0 Å². The van der Waals surface area contributed by atoms with Gasteiger partial charge < -0.3 is 10.4 Å². The van der Waals surface area contributed by atoms with Crippen molar-refractivity contribution in [3.8, 4) is 0 Å². The summed E-state index contributed by atoms with van der Waals surface area (Å²) in [7, 11) is 3.28. The van der Waals surface area contributed by atoms with Crippen LogP contribution in [0.4, 0.5) is 5.69 Å². The van der Waals surface area contributed by atoms with Gasteiger partial charge in [-0.2, -0.15) is 0 Å². The van der Waals surface area contributed by atoms with Crippen LogP contribution < -0.4 is 5.32 Å². The second-order valence-corrected chi connectivity index (χ2v) is 4.44. The molecule has 0 heterocycles. The van der Waals surface area contributed by atoms with E-state index in [0.717, 1.165) is 5.56 Å². The Morgan fingerprint density at radius 2 is 2.06 bits per heavy atom. The Bertz CT molecular complexity index is 444. The maximum absolute atomic E-state index is 11.7. The average molecular weight is 250 g/mol. The number of nitrogens with one attached hydrogen (secondary N) is 1. The van der Waals surface area contributed by atoms with Gasteiger partial charge in [0.2, 0.25) is 5.91 Å². The normalized spacial score (nSPS) is 12.2. The van der Waals surface area contributed by atoms with E-state index in [1.54, 1.807) is 20.2 Å². The molecule has 0 radical (unpaired) electrons. The number of amides is 1. The summed E-state index contributed by atoms with van der Waals surface area (Å²) in [6.07, 6.45) is -0.0731. The van der Waals surface area contributed by atoms with Crippen molar-refractivity contribution in [1.29, 1.82) is 0 Å². The summed E-state index contributed by atoms with van der Waals surface area (Å²) in [5.74, 6) is -1.30. The molecule has 0 aliphatic heterocycles. The Balaban J connectivity index is 2.63. The van der Waals surface area contributed by atoms with E-state index in [1.807, 2.05) is 25.1 Å². The predicted molar refractivity (Wildman–Crippen MR) is 69.5 cm³/mol. The quantitative estimate of drug-likeness (QED) is 0.827. The molecule has 1 atom stereocenters. The van der Waals surface area contributed by atoms with Gasteiger partial charge in [0.15, 0.2) is 0 Å². The molecule has 0 spiro atoms. The van der Waals surface area contributed by atoms with Crippen LogP contribution in [0.2, 0.25) is 0 Å². The monoisotopic (exact) mass is 250 g/mol. The van der Waals surface area contributed by atoms with Crippen LogP contribution in [0.15, 0.2) is 24.3 Å². The molecule has 98 valence electrons. The van der Waals surface area contributed by atoms with E-state index in [2.05, 4.69) is 5.32 Å². The first-order valence-electron chi connectivity index (χ1n) is 5.66. The summed E-state index contributed by atoms with van der Waals surface area (Å²) >= 11 is 0. The highest BCUT2D eigenvalue weighted by atomic mass is 16.4. The number of anilines is 1. The lowest BCUT2D eigenvalue weighted by atomic mass is 10.1. The maximum Gasteiger partial charge on any atom is 0.321 e. The highest BCUT2D eigenvalue weighted by Crippen LogP contribution is 2.11. The molecule has 0 bridgehead atoms. The first-order valence-corrected chi connectivity index (χ1v) is 5.66. The third-order valence-electron chi connectivity index (χ3n) is 2.59. The van der Waals surface area contributed by atoms with Crippen LogP contribution in [-0.2, 0) is 9.59 Å². The molecule has 0 saturated carbocycles. The summed E-state index contributed by atoms with van der Waals surface area (Å²) in [5.41, 5.74) is 1.72. The molecule has 5 nitrogen and oxygen atoms in total. The van der Waals surface area contributed by atoms with Crippen LogP contribution in [0.5, 0.6) is 0 Å². The zero-order valence-electron chi connectivity index (χ0n) is 10.8. The van der Waals surface area contributed by atoms with Crippen LogP contribution >= 0.6 is 0 Å². The summed E-state index contributed by atoms with van der Waals surface area (Å²) in [6, 6.07) is 6.57.